The molecule has 0 aliphatic carbocycles. The summed E-state index contributed by atoms with van der Waals surface area (Å²) in [4.78, 5) is 27.3. The fraction of sp³-hybridized carbons (Fsp3) is 0.591. The lowest BCUT2D eigenvalue weighted by Crippen LogP contribution is -2.48. The lowest BCUT2D eigenvalue weighted by molar-refractivity contribution is -0.466. The molecule has 2 unspecified atom stereocenters. The highest BCUT2D eigenvalue weighted by atomic mass is 16.6. The molecule has 6 heteroatoms. The summed E-state index contributed by atoms with van der Waals surface area (Å²) in [6.07, 6.45) is 1.07. The Morgan fingerprint density at radius 3 is 2.68 bits per heavy atom. The maximum Gasteiger partial charge on any atom is 0.408 e. The summed E-state index contributed by atoms with van der Waals surface area (Å²) in [7, 11) is 0. The molecule has 1 aromatic carbocycles. The van der Waals surface area contributed by atoms with Crippen LogP contribution < -0.4 is 5.32 Å². The molecule has 3 rings (SSSR count). The first kappa shape index (κ1) is 20.5. The average molecular weight is 387 g/mol. The molecule has 0 radical (unpaired) electrons. The third-order valence-electron chi connectivity index (χ3n) is 5.16. The minimum atomic E-state index is -0.554. The molecular formula is C22H32N3O3+. The van der Waals surface area contributed by atoms with Crippen molar-refractivity contribution in [1.29, 1.82) is 0 Å². The molecule has 2 aliphatic rings. The van der Waals surface area contributed by atoms with Crippen molar-refractivity contribution in [3.8, 4) is 0 Å². The maximum absolute atomic E-state index is 12.6. The van der Waals surface area contributed by atoms with Crippen LogP contribution in [-0.4, -0.2) is 58.5 Å². The molecule has 1 aromatic rings. The molecule has 0 saturated carbocycles. The van der Waals surface area contributed by atoms with E-state index >= 15 is 0 Å². The normalized spacial score (nSPS) is 26.4. The predicted molar refractivity (Wildman–Crippen MR) is 108 cm³/mol. The number of nitrogens with zero attached hydrogens (tertiary/aromatic N) is 2. The highest BCUT2D eigenvalue weighted by Crippen LogP contribution is 2.19. The third-order valence-corrected chi connectivity index (χ3v) is 5.16. The van der Waals surface area contributed by atoms with Gasteiger partial charge in [-0.05, 0) is 32.8 Å². The zero-order valence-corrected chi connectivity index (χ0v) is 17.4. The van der Waals surface area contributed by atoms with Crippen molar-refractivity contribution in [3.63, 3.8) is 0 Å². The molecule has 2 fully saturated rings. The molecule has 2 saturated heterocycles. The minimum absolute atomic E-state index is 0.158. The number of rotatable bonds is 3. The predicted octanol–water partition coefficient (Wildman–Crippen LogP) is 2.81. The van der Waals surface area contributed by atoms with Crippen molar-refractivity contribution >= 4 is 17.7 Å². The summed E-state index contributed by atoms with van der Waals surface area (Å²) in [6.45, 7) is 10.6. The fourth-order valence-electron chi connectivity index (χ4n) is 3.87. The second-order valence-electron chi connectivity index (χ2n) is 8.99. The number of carbonyl (C=O) groups excluding carboxylic acids is 2. The van der Waals surface area contributed by atoms with E-state index in [9.17, 15) is 9.59 Å². The number of alkyl carbamates (subject to hydrolysis) is 1. The smallest absolute Gasteiger partial charge is 0.408 e. The van der Waals surface area contributed by atoms with Crippen LogP contribution >= 0.6 is 0 Å². The molecular weight excluding hydrogens is 354 g/mol. The molecule has 2 heterocycles. The van der Waals surface area contributed by atoms with Gasteiger partial charge in [-0.25, -0.2) is 9.59 Å². The number of carbonyl (C=O) groups is 2. The molecule has 0 spiro atoms. The van der Waals surface area contributed by atoms with Gasteiger partial charge >= 0.3 is 12.0 Å². The largest absolute Gasteiger partial charge is 0.444 e. The summed E-state index contributed by atoms with van der Waals surface area (Å²) in [5.74, 6) is 0.626. The number of hydrogen-bond acceptors (Lipinski definition) is 4. The van der Waals surface area contributed by atoms with Crippen molar-refractivity contribution in [3.05, 3.63) is 35.9 Å². The first-order chi connectivity index (χ1) is 13.2. The SMILES string of the molecule is CC1CCC(=O)[N+](=C2CN(Cc3ccccc3)CC2NC(=O)OC(C)(C)C)C1. The Bertz CT molecular complexity index is 752. The standard InChI is InChI=1S/C22H31N3O3/c1-16-10-11-20(26)25(12-16)19-15-24(13-17-8-6-5-7-9-17)14-18(19)23-21(27)28-22(2,3)4/h5-9,16,18H,10-15H2,1-4H3/p+1. The first-order valence-corrected chi connectivity index (χ1v) is 10.1. The van der Waals surface area contributed by atoms with Gasteiger partial charge in [-0.1, -0.05) is 37.3 Å². The van der Waals surface area contributed by atoms with Gasteiger partial charge in [-0.2, -0.15) is 4.58 Å². The average Bonchev–Trinajstić information content (AvgIpc) is 2.98. The Morgan fingerprint density at radius 2 is 2.00 bits per heavy atom. The monoisotopic (exact) mass is 386 g/mol. The molecule has 152 valence electrons. The maximum atomic E-state index is 12.6. The topological polar surface area (TPSA) is 61.7 Å². The van der Waals surface area contributed by atoms with Crippen molar-refractivity contribution in [2.24, 2.45) is 5.92 Å². The van der Waals surface area contributed by atoms with Crippen molar-refractivity contribution in [2.45, 2.75) is 58.7 Å². The highest BCUT2D eigenvalue weighted by Gasteiger charge is 2.41. The Labute approximate surface area is 167 Å². The first-order valence-electron chi connectivity index (χ1n) is 10.1. The Balaban J connectivity index is 1.81. The molecule has 2 atom stereocenters. The molecule has 6 nitrogen and oxygen atoms in total. The summed E-state index contributed by atoms with van der Waals surface area (Å²) in [6, 6.07) is 10.1. The third kappa shape index (κ3) is 5.41. The number of nitrogens with one attached hydrogen (secondary N) is 1. The van der Waals surface area contributed by atoms with Gasteiger partial charge in [0.05, 0.1) is 13.0 Å². The Hall–Kier alpha value is -2.21. The van der Waals surface area contributed by atoms with Crippen molar-refractivity contribution in [1.82, 2.24) is 10.2 Å². The van der Waals surface area contributed by atoms with Crippen LogP contribution in [0.25, 0.3) is 0 Å². The Kier molecular flexibility index (Phi) is 6.18. The summed E-state index contributed by atoms with van der Waals surface area (Å²) in [5, 5.41) is 3.00. The van der Waals surface area contributed by atoms with Gasteiger partial charge in [0, 0.05) is 19.0 Å². The lowest BCUT2D eigenvalue weighted by atomic mass is 10.00. The van der Waals surface area contributed by atoms with Gasteiger partial charge < -0.3 is 10.1 Å². The number of benzene rings is 1. The summed E-state index contributed by atoms with van der Waals surface area (Å²) >= 11 is 0. The second kappa shape index (κ2) is 8.43. The van der Waals surface area contributed by atoms with Gasteiger partial charge in [0.1, 0.15) is 11.6 Å². The van der Waals surface area contributed by atoms with Crippen LogP contribution in [0.15, 0.2) is 30.3 Å². The van der Waals surface area contributed by atoms with E-state index in [1.54, 1.807) is 0 Å². The van der Waals surface area contributed by atoms with E-state index in [2.05, 4.69) is 29.3 Å². The number of likely N-dealkylation sites (tertiary alicyclic amines) is 1. The molecule has 28 heavy (non-hydrogen) atoms. The van der Waals surface area contributed by atoms with E-state index < -0.39 is 11.7 Å². The van der Waals surface area contributed by atoms with E-state index in [0.717, 1.165) is 25.2 Å². The van der Waals surface area contributed by atoms with Crippen LogP contribution in [0.4, 0.5) is 4.79 Å². The zero-order valence-electron chi connectivity index (χ0n) is 17.4. The lowest BCUT2D eigenvalue weighted by Gasteiger charge is -2.22. The van der Waals surface area contributed by atoms with Crippen LogP contribution in [0.2, 0.25) is 0 Å². The minimum Gasteiger partial charge on any atom is -0.444 e. The second-order valence-corrected chi connectivity index (χ2v) is 8.99. The number of piperidine rings is 1. The summed E-state index contributed by atoms with van der Waals surface area (Å²) < 4.78 is 7.36. The van der Waals surface area contributed by atoms with Crippen LogP contribution in [0.1, 0.15) is 46.1 Å². The van der Waals surface area contributed by atoms with Crippen LogP contribution in [0, 0.1) is 5.92 Å². The van der Waals surface area contributed by atoms with E-state index in [-0.39, 0.29) is 11.9 Å². The van der Waals surface area contributed by atoms with Crippen LogP contribution in [-0.2, 0) is 16.1 Å². The van der Waals surface area contributed by atoms with E-state index in [1.807, 2.05) is 43.5 Å². The van der Waals surface area contributed by atoms with E-state index in [0.29, 0.717) is 25.4 Å². The van der Waals surface area contributed by atoms with Gasteiger partial charge in [0.25, 0.3) is 0 Å². The molecule has 1 N–H and O–H groups in total. The molecule has 0 aromatic heterocycles. The summed E-state index contributed by atoms with van der Waals surface area (Å²) in [5.41, 5.74) is 1.65. The van der Waals surface area contributed by atoms with E-state index in [1.165, 1.54) is 5.56 Å². The molecule has 2 amide bonds. The van der Waals surface area contributed by atoms with Gasteiger partial charge in [-0.15, -0.1) is 0 Å². The molecule has 0 bridgehead atoms. The van der Waals surface area contributed by atoms with Gasteiger partial charge in [0.2, 0.25) is 0 Å². The number of ether oxygens (including phenoxy) is 1. The quantitative estimate of drug-likeness (QED) is 0.812. The Morgan fingerprint density at radius 1 is 1.29 bits per heavy atom. The fourth-order valence-corrected chi connectivity index (χ4v) is 3.87. The molecule has 2 aliphatic heterocycles. The number of amides is 2. The van der Waals surface area contributed by atoms with Gasteiger partial charge in [0.15, 0.2) is 12.3 Å². The van der Waals surface area contributed by atoms with Crippen LogP contribution in [0.5, 0.6) is 0 Å². The van der Waals surface area contributed by atoms with E-state index in [4.69, 9.17) is 4.74 Å². The number of hydrogen-bond donors (Lipinski definition) is 1. The van der Waals surface area contributed by atoms with Crippen molar-refractivity contribution in [2.75, 3.05) is 19.6 Å². The van der Waals surface area contributed by atoms with Crippen molar-refractivity contribution < 1.29 is 18.9 Å². The zero-order chi connectivity index (χ0) is 20.3. The van der Waals surface area contributed by atoms with Crippen LogP contribution in [0.3, 0.4) is 0 Å². The van der Waals surface area contributed by atoms with Gasteiger partial charge in [-0.3, -0.25) is 4.90 Å². The highest BCUT2D eigenvalue weighted by molar-refractivity contribution is 5.95.